The number of nitrogens with two attached hydrogens (primary N) is 1. The summed E-state index contributed by atoms with van der Waals surface area (Å²) in [4.78, 5) is 1.70. The van der Waals surface area contributed by atoms with Crippen LogP contribution in [-0.4, -0.2) is 14.1 Å². The van der Waals surface area contributed by atoms with Crippen LogP contribution in [-0.2, 0) is 6.54 Å². The average Bonchev–Trinajstić information content (AvgIpc) is 2.08. The lowest BCUT2D eigenvalue weighted by atomic mass is 10.1. The van der Waals surface area contributed by atoms with Crippen molar-refractivity contribution >= 4 is 5.69 Å². The van der Waals surface area contributed by atoms with Crippen LogP contribution in [0.5, 0.6) is 0 Å². The van der Waals surface area contributed by atoms with Crippen molar-refractivity contribution in [1.82, 2.24) is 0 Å². The van der Waals surface area contributed by atoms with Crippen LogP contribution in [0.15, 0.2) is 12.1 Å². The zero-order valence-corrected chi connectivity index (χ0v) is 7.64. The van der Waals surface area contributed by atoms with Gasteiger partial charge in [-0.1, -0.05) is 0 Å². The number of hydrogen-bond acceptors (Lipinski definition) is 2. The molecule has 0 saturated heterocycles. The largest absolute Gasteiger partial charge is 0.377 e. The molecule has 1 aromatic carbocycles. The van der Waals surface area contributed by atoms with Crippen molar-refractivity contribution in [2.24, 2.45) is 5.73 Å². The normalized spacial score (nSPS) is 10.2. The highest BCUT2D eigenvalue weighted by Crippen LogP contribution is 2.21. The van der Waals surface area contributed by atoms with Crippen molar-refractivity contribution in [3.63, 3.8) is 0 Å². The Morgan fingerprint density at radius 3 is 2.23 bits per heavy atom. The van der Waals surface area contributed by atoms with Gasteiger partial charge in [-0.25, -0.2) is 8.78 Å². The Hall–Kier alpha value is -1.16. The highest BCUT2D eigenvalue weighted by molar-refractivity contribution is 5.52. The van der Waals surface area contributed by atoms with E-state index in [1.54, 1.807) is 19.0 Å². The van der Waals surface area contributed by atoms with Gasteiger partial charge in [-0.3, -0.25) is 0 Å². The lowest BCUT2D eigenvalue weighted by molar-refractivity contribution is 0.507. The first-order valence-corrected chi connectivity index (χ1v) is 3.91. The molecule has 0 aliphatic heterocycles. The molecule has 0 unspecified atom stereocenters. The fourth-order valence-corrected chi connectivity index (χ4v) is 1.16. The molecule has 0 aliphatic carbocycles. The minimum atomic E-state index is -0.856. The Morgan fingerprint density at radius 2 is 1.77 bits per heavy atom. The van der Waals surface area contributed by atoms with Crippen LogP contribution in [0.4, 0.5) is 14.5 Å². The number of anilines is 1. The fraction of sp³-hybridized carbons (Fsp3) is 0.333. The van der Waals surface area contributed by atoms with Crippen LogP contribution in [0, 0.1) is 11.6 Å². The summed E-state index contributed by atoms with van der Waals surface area (Å²) >= 11 is 0. The maximum atomic E-state index is 12.8. The molecule has 0 spiro atoms. The molecule has 0 aromatic heterocycles. The number of halogens is 2. The summed E-state index contributed by atoms with van der Waals surface area (Å²) in [5.41, 5.74) is 6.60. The van der Waals surface area contributed by atoms with Crippen LogP contribution < -0.4 is 10.6 Å². The molecular formula is C9H12F2N2. The average molecular weight is 186 g/mol. The van der Waals surface area contributed by atoms with Crippen LogP contribution in [0.2, 0.25) is 0 Å². The third kappa shape index (κ3) is 1.95. The van der Waals surface area contributed by atoms with E-state index in [9.17, 15) is 8.78 Å². The molecule has 0 radical (unpaired) electrons. The molecule has 4 heteroatoms. The summed E-state index contributed by atoms with van der Waals surface area (Å²) in [7, 11) is 3.51. The van der Waals surface area contributed by atoms with Gasteiger partial charge in [-0.2, -0.15) is 0 Å². The predicted molar refractivity (Wildman–Crippen MR) is 48.6 cm³/mol. The topological polar surface area (TPSA) is 29.3 Å². The van der Waals surface area contributed by atoms with Crippen LogP contribution in [0.1, 0.15) is 5.56 Å². The van der Waals surface area contributed by atoms with Crippen LogP contribution in [0.25, 0.3) is 0 Å². The minimum absolute atomic E-state index is 0.199. The third-order valence-corrected chi connectivity index (χ3v) is 1.82. The summed E-state index contributed by atoms with van der Waals surface area (Å²) in [6.07, 6.45) is 0. The van der Waals surface area contributed by atoms with E-state index in [0.717, 1.165) is 12.1 Å². The van der Waals surface area contributed by atoms with Crippen molar-refractivity contribution < 1.29 is 8.78 Å². The molecule has 2 nitrogen and oxygen atoms in total. The molecule has 0 saturated carbocycles. The fourth-order valence-electron chi connectivity index (χ4n) is 1.16. The molecule has 1 aromatic rings. The van der Waals surface area contributed by atoms with Crippen molar-refractivity contribution in [2.45, 2.75) is 6.54 Å². The van der Waals surface area contributed by atoms with E-state index in [1.165, 1.54) is 0 Å². The molecule has 13 heavy (non-hydrogen) atoms. The van der Waals surface area contributed by atoms with E-state index in [4.69, 9.17) is 5.73 Å². The van der Waals surface area contributed by atoms with E-state index >= 15 is 0 Å². The maximum absolute atomic E-state index is 12.8. The Labute approximate surface area is 76.0 Å². The van der Waals surface area contributed by atoms with Gasteiger partial charge in [0.15, 0.2) is 11.6 Å². The summed E-state index contributed by atoms with van der Waals surface area (Å²) < 4.78 is 25.6. The van der Waals surface area contributed by atoms with Gasteiger partial charge in [0, 0.05) is 32.4 Å². The Balaban J connectivity index is 3.25. The van der Waals surface area contributed by atoms with Gasteiger partial charge in [-0.15, -0.1) is 0 Å². The van der Waals surface area contributed by atoms with Gasteiger partial charge in [0.05, 0.1) is 0 Å². The van der Waals surface area contributed by atoms with E-state index in [2.05, 4.69) is 0 Å². The summed E-state index contributed by atoms with van der Waals surface area (Å²) in [5.74, 6) is -1.70. The first kappa shape index (κ1) is 9.92. The standard InChI is InChI=1S/C9H12F2N2/c1-13(2)9-4-8(11)7(10)3-6(9)5-12/h3-4H,5,12H2,1-2H3. The van der Waals surface area contributed by atoms with E-state index in [0.29, 0.717) is 11.3 Å². The van der Waals surface area contributed by atoms with Gasteiger partial charge in [-0.05, 0) is 11.6 Å². The molecule has 1 rings (SSSR count). The van der Waals surface area contributed by atoms with Gasteiger partial charge in [0.25, 0.3) is 0 Å². The van der Waals surface area contributed by atoms with Crippen molar-refractivity contribution in [3.05, 3.63) is 29.3 Å². The number of rotatable bonds is 2. The Morgan fingerprint density at radius 1 is 1.23 bits per heavy atom. The second-order valence-electron chi connectivity index (χ2n) is 2.99. The van der Waals surface area contributed by atoms with Gasteiger partial charge in [0.1, 0.15) is 0 Å². The highest BCUT2D eigenvalue weighted by Gasteiger charge is 2.09. The molecule has 0 fully saturated rings. The summed E-state index contributed by atoms with van der Waals surface area (Å²) in [6.45, 7) is 0.199. The van der Waals surface area contributed by atoms with Crippen molar-refractivity contribution in [1.29, 1.82) is 0 Å². The van der Waals surface area contributed by atoms with Gasteiger partial charge in [0.2, 0.25) is 0 Å². The highest BCUT2D eigenvalue weighted by atomic mass is 19.2. The SMILES string of the molecule is CN(C)c1cc(F)c(F)cc1CN. The minimum Gasteiger partial charge on any atom is -0.377 e. The number of benzene rings is 1. The first-order chi connectivity index (χ1) is 6.06. The lowest BCUT2D eigenvalue weighted by Gasteiger charge is -2.16. The van der Waals surface area contributed by atoms with E-state index < -0.39 is 11.6 Å². The molecule has 2 N–H and O–H groups in total. The zero-order valence-electron chi connectivity index (χ0n) is 7.64. The summed E-state index contributed by atoms with van der Waals surface area (Å²) in [6, 6.07) is 2.28. The second kappa shape index (κ2) is 3.70. The predicted octanol–water partition coefficient (Wildman–Crippen LogP) is 1.49. The number of hydrogen-bond donors (Lipinski definition) is 1. The van der Waals surface area contributed by atoms with Crippen LogP contribution in [0.3, 0.4) is 0 Å². The summed E-state index contributed by atoms with van der Waals surface area (Å²) in [5, 5.41) is 0. The molecule has 0 atom stereocenters. The lowest BCUT2D eigenvalue weighted by Crippen LogP contribution is -2.14. The van der Waals surface area contributed by atoms with Gasteiger partial charge >= 0.3 is 0 Å². The second-order valence-corrected chi connectivity index (χ2v) is 2.99. The zero-order chi connectivity index (χ0) is 10.0. The van der Waals surface area contributed by atoms with Gasteiger partial charge < -0.3 is 10.6 Å². The molecule has 0 aliphatic rings. The third-order valence-electron chi connectivity index (χ3n) is 1.82. The molecule has 0 bridgehead atoms. The van der Waals surface area contributed by atoms with Crippen molar-refractivity contribution in [3.8, 4) is 0 Å². The quantitative estimate of drug-likeness (QED) is 0.758. The molecule has 0 heterocycles. The van der Waals surface area contributed by atoms with E-state index in [-0.39, 0.29) is 6.54 Å². The number of nitrogens with zero attached hydrogens (tertiary/aromatic N) is 1. The Bertz CT molecular complexity index is 311. The van der Waals surface area contributed by atoms with Crippen molar-refractivity contribution in [2.75, 3.05) is 19.0 Å². The van der Waals surface area contributed by atoms with E-state index in [1.807, 2.05) is 0 Å². The molecular weight excluding hydrogens is 174 g/mol. The Kier molecular flexibility index (Phi) is 2.83. The monoisotopic (exact) mass is 186 g/mol. The molecule has 72 valence electrons. The van der Waals surface area contributed by atoms with Crippen LogP contribution >= 0.6 is 0 Å². The smallest absolute Gasteiger partial charge is 0.160 e. The maximum Gasteiger partial charge on any atom is 0.160 e. The first-order valence-electron chi connectivity index (χ1n) is 3.91. The molecule has 0 amide bonds.